The van der Waals surface area contributed by atoms with Crippen LogP contribution in [0.2, 0.25) is 0 Å². The largest absolute Gasteiger partial charge is 0.467 e. The van der Waals surface area contributed by atoms with Crippen LogP contribution >= 0.6 is 23.5 Å². The number of hydrogen-bond acceptors (Lipinski definition) is 6. The molecule has 0 fully saturated rings. The van der Waals surface area contributed by atoms with Crippen molar-refractivity contribution in [2.24, 2.45) is 5.92 Å². The van der Waals surface area contributed by atoms with Gasteiger partial charge in [-0.1, -0.05) is 25.6 Å². The van der Waals surface area contributed by atoms with Crippen LogP contribution in [0.4, 0.5) is 0 Å². The summed E-state index contributed by atoms with van der Waals surface area (Å²) in [5.41, 5.74) is 2.08. The standard InChI is InChI=1S/C16H27N3O3S2/c1-10(2)8-13(15(21)22-4)18-14(20)9-24-16-17-11(3)12(19-16)6-7-23-5/h10,13H,6-9H2,1-5H3,(H,17,19)(H,18,20)/t13-/m1/s1. The van der Waals surface area contributed by atoms with Gasteiger partial charge in [-0.15, -0.1) is 0 Å². The predicted molar refractivity (Wildman–Crippen MR) is 99.5 cm³/mol. The molecule has 1 aromatic rings. The number of aryl methyl sites for hydroxylation is 2. The number of aromatic nitrogens is 2. The van der Waals surface area contributed by atoms with Crippen LogP contribution in [-0.4, -0.2) is 52.8 Å². The van der Waals surface area contributed by atoms with Gasteiger partial charge in [0.2, 0.25) is 5.91 Å². The van der Waals surface area contributed by atoms with E-state index < -0.39 is 12.0 Å². The maximum atomic E-state index is 12.1. The number of nitrogens with one attached hydrogen (secondary N) is 2. The summed E-state index contributed by atoms with van der Waals surface area (Å²) in [5.74, 6) is 0.909. The minimum absolute atomic E-state index is 0.198. The van der Waals surface area contributed by atoms with E-state index in [0.717, 1.165) is 28.7 Å². The van der Waals surface area contributed by atoms with Gasteiger partial charge in [0, 0.05) is 12.1 Å². The maximum absolute atomic E-state index is 12.1. The van der Waals surface area contributed by atoms with Gasteiger partial charge in [0.05, 0.1) is 18.6 Å². The van der Waals surface area contributed by atoms with Gasteiger partial charge in [0.1, 0.15) is 6.04 Å². The first-order valence-corrected chi connectivity index (χ1v) is 10.3. The predicted octanol–water partition coefficient (Wildman–Crippen LogP) is 2.42. The average Bonchev–Trinajstić information content (AvgIpc) is 2.89. The number of imidazole rings is 1. The molecular formula is C16H27N3O3S2. The Bertz CT molecular complexity index is 547. The van der Waals surface area contributed by atoms with E-state index in [0.29, 0.717) is 6.42 Å². The lowest BCUT2D eigenvalue weighted by Crippen LogP contribution is -2.43. The smallest absolute Gasteiger partial charge is 0.328 e. The Hall–Kier alpha value is -1.15. The van der Waals surface area contributed by atoms with Crippen molar-refractivity contribution in [3.63, 3.8) is 0 Å². The topological polar surface area (TPSA) is 84.1 Å². The Morgan fingerprint density at radius 3 is 2.67 bits per heavy atom. The fourth-order valence-electron chi connectivity index (χ4n) is 2.18. The fourth-order valence-corrected chi connectivity index (χ4v) is 3.32. The van der Waals surface area contributed by atoms with E-state index in [9.17, 15) is 9.59 Å². The molecule has 1 atom stereocenters. The van der Waals surface area contributed by atoms with Gasteiger partial charge in [-0.25, -0.2) is 9.78 Å². The molecular weight excluding hydrogens is 346 g/mol. The number of amides is 1. The highest BCUT2D eigenvalue weighted by Gasteiger charge is 2.22. The van der Waals surface area contributed by atoms with Crippen LogP contribution in [-0.2, 0) is 20.7 Å². The van der Waals surface area contributed by atoms with Crippen molar-refractivity contribution in [3.05, 3.63) is 11.4 Å². The van der Waals surface area contributed by atoms with Gasteiger partial charge in [-0.2, -0.15) is 11.8 Å². The van der Waals surface area contributed by atoms with Crippen LogP contribution in [0.5, 0.6) is 0 Å². The van der Waals surface area contributed by atoms with Crippen LogP contribution in [0.25, 0.3) is 0 Å². The summed E-state index contributed by atoms with van der Waals surface area (Å²) in [6, 6.07) is -0.599. The summed E-state index contributed by atoms with van der Waals surface area (Å²) in [6.45, 7) is 5.99. The van der Waals surface area contributed by atoms with Crippen molar-refractivity contribution < 1.29 is 14.3 Å². The number of thioether (sulfide) groups is 2. The molecule has 136 valence electrons. The van der Waals surface area contributed by atoms with Crippen LogP contribution in [0.1, 0.15) is 31.7 Å². The summed E-state index contributed by atoms with van der Waals surface area (Å²) in [5, 5.41) is 3.48. The first-order valence-electron chi connectivity index (χ1n) is 7.91. The number of carbonyl (C=O) groups is 2. The van der Waals surface area contributed by atoms with Crippen LogP contribution < -0.4 is 5.32 Å². The number of nitrogens with zero attached hydrogens (tertiary/aromatic N) is 1. The number of ether oxygens (including phenoxy) is 1. The maximum Gasteiger partial charge on any atom is 0.328 e. The van der Waals surface area contributed by atoms with Crippen LogP contribution in [0.15, 0.2) is 5.16 Å². The monoisotopic (exact) mass is 373 g/mol. The second-order valence-corrected chi connectivity index (χ2v) is 7.87. The summed E-state index contributed by atoms with van der Waals surface area (Å²) in [4.78, 5) is 31.6. The first kappa shape index (κ1) is 20.9. The highest BCUT2D eigenvalue weighted by atomic mass is 32.2. The quantitative estimate of drug-likeness (QED) is 0.484. The zero-order chi connectivity index (χ0) is 18.1. The van der Waals surface area contributed by atoms with Crippen molar-refractivity contribution >= 4 is 35.4 Å². The Morgan fingerprint density at radius 1 is 1.38 bits per heavy atom. The number of H-pyrrole nitrogens is 1. The van der Waals surface area contributed by atoms with Crippen molar-refractivity contribution in [1.82, 2.24) is 15.3 Å². The number of hydrogen-bond donors (Lipinski definition) is 2. The third kappa shape index (κ3) is 7.17. The molecule has 8 heteroatoms. The number of methoxy groups -OCH3 is 1. The van der Waals surface area contributed by atoms with E-state index in [2.05, 4.69) is 21.5 Å². The van der Waals surface area contributed by atoms with Crippen molar-refractivity contribution in [2.45, 2.75) is 44.8 Å². The van der Waals surface area contributed by atoms with Gasteiger partial charge in [0.25, 0.3) is 0 Å². The molecule has 1 heterocycles. The average molecular weight is 374 g/mol. The number of carbonyl (C=O) groups excluding carboxylic acids is 2. The van der Waals surface area contributed by atoms with Crippen LogP contribution in [0.3, 0.4) is 0 Å². The third-order valence-electron chi connectivity index (χ3n) is 3.37. The van der Waals surface area contributed by atoms with E-state index in [1.54, 1.807) is 11.8 Å². The molecule has 0 saturated heterocycles. The summed E-state index contributed by atoms with van der Waals surface area (Å²) >= 11 is 3.12. The molecule has 1 aromatic heterocycles. The Balaban J connectivity index is 2.53. The lowest BCUT2D eigenvalue weighted by atomic mass is 10.0. The molecule has 1 amide bonds. The zero-order valence-electron chi connectivity index (χ0n) is 15.0. The lowest BCUT2D eigenvalue weighted by molar-refractivity contribution is -0.145. The normalized spacial score (nSPS) is 12.2. The van der Waals surface area contributed by atoms with Gasteiger partial charge >= 0.3 is 5.97 Å². The molecule has 0 spiro atoms. The molecule has 0 aliphatic heterocycles. The lowest BCUT2D eigenvalue weighted by Gasteiger charge is -2.18. The van der Waals surface area contributed by atoms with Gasteiger partial charge in [-0.05, 0) is 31.3 Å². The molecule has 24 heavy (non-hydrogen) atoms. The Labute approximate surface area is 152 Å². The van der Waals surface area contributed by atoms with E-state index in [1.165, 1.54) is 18.9 Å². The Morgan fingerprint density at radius 2 is 2.08 bits per heavy atom. The minimum Gasteiger partial charge on any atom is -0.467 e. The molecule has 0 aromatic carbocycles. The molecule has 2 N–H and O–H groups in total. The first-order chi connectivity index (χ1) is 11.4. The van der Waals surface area contributed by atoms with E-state index in [1.807, 2.05) is 20.8 Å². The molecule has 1 rings (SSSR count). The molecule has 0 aliphatic rings. The molecule has 0 bridgehead atoms. The zero-order valence-corrected chi connectivity index (χ0v) is 16.6. The van der Waals surface area contributed by atoms with Crippen molar-refractivity contribution in [1.29, 1.82) is 0 Å². The molecule has 0 unspecified atom stereocenters. The van der Waals surface area contributed by atoms with E-state index in [-0.39, 0.29) is 17.6 Å². The van der Waals surface area contributed by atoms with E-state index in [4.69, 9.17) is 4.74 Å². The van der Waals surface area contributed by atoms with Crippen molar-refractivity contribution in [2.75, 3.05) is 24.9 Å². The SMILES string of the molecule is COC(=O)[C@@H](CC(C)C)NC(=O)CSc1nc(CCSC)c(C)[nH]1. The summed E-state index contributed by atoms with van der Waals surface area (Å²) in [7, 11) is 1.33. The van der Waals surface area contributed by atoms with Gasteiger partial charge in [0.15, 0.2) is 5.16 Å². The van der Waals surface area contributed by atoms with Crippen LogP contribution in [0, 0.1) is 12.8 Å². The molecule has 0 saturated carbocycles. The third-order valence-corrected chi connectivity index (χ3v) is 4.86. The highest BCUT2D eigenvalue weighted by Crippen LogP contribution is 2.18. The fraction of sp³-hybridized carbons (Fsp3) is 0.688. The molecule has 0 radical (unpaired) electrons. The van der Waals surface area contributed by atoms with Gasteiger partial charge in [-0.3, -0.25) is 4.79 Å². The number of esters is 1. The summed E-state index contributed by atoms with van der Waals surface area (Å²) in [6.07, 6.45) is 3.54. The minimum atomic E-state index is -0.599. The molecule has 0 aliphatic carbocycles. The van der Waals surface area contributed by atoms with E-state index >= 15 is 0 Å². The highest BCUT2D eigenvalue weighted by molar-refractivity contribution is 7.99. The summed E-state index contributed by atoms with van der Waals surface area (Å²) < 4.78 is 4.75. The second kappa shape index (κ2) is 10.7. The Kier molecular flexibility index (Phi) is 9.28. The molecule has 6 nitrogen and oxygen atoms in total. The number of rotatable bonds is 10. The number of aromatic amines is 1. The van der Waals surface area contributed by atoms with Gasteiger partial charge < -0.3 is 15.0 Å². The second-order valence-electron chi connectivity index (χ2n) is 5.92. The van der Waals surface area contributed by atoms with Crippen molar-refractivity contribution in [3.8, 4) is 0 Å².